The van der Waals surface area contributed by atoms with Gasteiger partial charge in [-0.05, 0) is 18.2 Å². The number of benzene rings is 1. The lowest BCUT2D eigenvalue weighted by atomic mass is 10.2. The number of hydrogen-bond donors (Lipinski definition) is 2. The van der Waals surface area contributed by atoms with Crippen molar-refractivity contribution in [2.24, 2.45) is 0 Å². The second-order valence-corrected chi connectivity index (χ2v) is 3.54. The molecule has 2 rings (SSSR count). The van der Waals surface area contributed by atoms with Crippen molar-refractivity contribution in [3.05, 3.63) is 40.4 Å². The summed E-state index contributed by atoms with van der Waals surface area (Å²) in [6.45, 7) is 0. The van der Waals surface area contributed by atoms with Crippen LogP contribution >= 0.6 is 0 Å². The van der Waals surface area contributed by atoms with Crippen LogP contribution in [0.3, 0.4) is 0 Å². The van der Waals surface area contributed by atoms with Crippen LogP contribution in [0.2, 0.25) is 0 Å². The fourth-order valence-corrected chi connectivity index (χ4v) is 1.45. The summed E-state index contributed by atoms with van der Waals surface area (Å²) in [5, 5.41) is 9.00. The summed E-state index contributed by atoms with van der Waals surface area (Å²) in [5.41, 5.74) is 5.78. The normalized spacial score (nSPS) is 9.68. The first-order valence-corrected chi connectivity index (χ1v) is 5.25. The Bertz CT molecular complexity index is 703. The average molecular weight is 258 g/mol. The van der Waals surface area contributed by atoms with E-state index in [1.165, 1.54) is 25.6 Å². The molecule has 0 spiro atoms. The highest BCUT2D eigenvalue weighted by Gasteiger charge is 2.13. The quantitative estimate of drug-likeness (QED) is 0.794. The Labute approximate surface area is 108 Å². The Balaban J connectivity index is 2.45. The Morgan fingerprint density at radius 3 is 2.95 bits per heavy atom. The van der Waals surface area contributed by atoms with Crippen molar-refractivity contribution in [1.82, 2.24) is 9.97 Å². The van der Waals surface area contributed by atoms with Gasteiger partial charge in [0.2, 0.25) is 5.75 Å². The van der Waals surface area contributed by atoms with E-state index in [1.807, 2.05) is 6.07 Å². The summed E-state index contributed by atoms with van der Waals surface area (Å²) >= 11 is 0. The van der Waals surface area contributed by atoms with Gasteiger partial charge >= 0.3 is 0 Å². The second-order valence-electron chi connectivity index (χ2n) is 3.54. The number of rotatable bonds is 3. The number of anilines is 1. The van der Waals surface area contributed by atoms with E-state index in [0.29, 0.717) is 5.69 Å². The van der Waals surface area contributed by atoms with Crippen LogP contribution in [0.25, 0.3) is 0 Å². The van der Waals surface area contributed by atoms with Crippen LogP contribution in [0.4, 0.5) is 5.69 Å². The van der Waals surface area contributed by atoms with E-state index in [-0.39, 0.29) is 22.9 Å². The molecule has 7 nitrogen and oxygen atoms in total. The Hall–Kier alpha value is -3.01. The number of hydrogen-bond acceptors (Lipinski definition) is 6. The zero-order valence-electron chi connectivity index (χ0n) is 10.0. The molecular formula is C12H10N4O3. The molecule has 3 N–H and O–H groups in total. The van der Waals surface area contributed by atoms with Crippen molar-refractivity contribution < 1.29 is 9.47 Å². The number of methoxy groups -OCH3 is 1. The van der Waals surface area contributed by atoms with Gasteiger partial charge < -0.3 is 20.2 Å². The van der Waals surface area contributed by atoms with E-state index in [9.17, 15) is 4.79 Å². The van der Waals surface area contributed by atoms with Gasteiger partial charge in [-0.15, -0.1) is 0 Å². The highest BCUT2D eigenvalue weighted by Crippen LogP contribution is 2.28. The Morgan fingerprint density at radius 2 is 2.26 bits per heavy atom. The second kappa shape index (κ2) is 5.10. The number of nitrogens with two attached hydrogens (primary N) is 1. The zero-order valence-corrected chi connectivity index (χ0v) is 10.0. The number of nitrogens with zero attached hydrogens (tertiary/aromatic N) is 2. The van der Waals surface area contributed by atoms with Crippen LogP contribution in [0.5, 0.6) is 17.4 Å². The molecule has 0 aliphatic rings. The molecule has 19 heavy (non-hydrogen) atoms. The predicted octanol–water partition coefficient (Wildman–Crippen LogP) is 1.02. The van der Waals surface area contributed by atoms with Crippen LogP contribution in [0.1, 0.15) is 5.56 Å². The third-order valence-corrected chi connectivity index (χ3v) is 2.31. The van der Waals surface area contributed by atoms with E-state index in [4.69, 9.17) is 20.5 Å². The van der Waals surface area contributed by atoms with Gasteiger partial charge in [-0.1, -0.05) is 0 Å². The van der Waals surface area contributed by atoms with Gasteiger partial charge in [-0.25, -0.2) is 4.98 Å². The van der Waals surface area contributed by atoms with E-state index < -0.39 is 5.56 Å². The summed E-state index contributed by atoms with van der Waals surface area (Å²) in [6.07, 6.45) is 1.18. The Kier molecular flexibility index (Phi) is 3.34. The van der Waals surface area contributed by atoms with Gasteiger partial charge in [-0.3, -0.25) is 4.79 Å². The molecule has 1 aromatic carbocycles. The van der Waals surface area contributed by atoms with Crippen LogP contribution in [0, 0.1) is 11.3 Å². The standard InChI is InChI=1S/C12H10N4O3/c1-18-10-11(17)15-6-16-12(10)19-9-3-2-8(14)4-7(9)5-13/h2-4,6H,14H2,1H3,(H,15,16,17). The fraction of sp³-hybridized carbons (Fsp3) is 0.0833. The molecule has 7 heteroatoms. The number of nitriles is 1. The highest BCUT2D eigenvalue weighted by atomic mass is 16.5. The van der Waals surface area contributed by atoms with Gasteiger partial charge in [0, 0.05) is 5.69 Å². The maximum absolute atomic E-state index is 11.5. The van der Waals surface area contributed by atoms with E-state index >= 15 is 0 Å². The lowest BCUT2D eigenvalue weighted by molar-refractivity contribution is 0.362. The molecule has 0 saturated heterocycles. The van der Waals surface area contributed by atoms with E-state index in [2.05, 4.69) is 9.97 Å². The maximum atomic E-state index is 11.5. The third kappa shape index (κ3) is 2.47. The first kappa shape index (κ1) is 12.4. The number of nitrogens with one attached hydrogen (secondary N) is 1. The summed E-state index contributed by atoms with van der Waals surface area (Å²) in [4.78, 5) is 17.7. The summed E-state index contributed by atoms with van der Waals surface area (Å²) in [6, 6.07) is 6.52. The number of H-pyrrole nitrogens is 1. The zero-order chi connectivity index (χ0) is 13.8. The molecule has 0 bridgehead atoms. The SMILES string of the molecule is COc1c(Oc2ccc(N)cc2C#N)nc[nH]c1=O. The number of aromatic amines is 1. The first-order chi connectivity index (χ1) is 9.15. The molecule has 0 aliphatic heterocycles. The molecule has 0 radical (unpaired) electrons. The molecule has 1 aromatic heterocycles. The van der Waals surface area contributed by atoms with Crippen molar-refractivity contribution in [2.75, 3.05) is 12.8 Å². The van der Waals surface area contributed by atoms with Gasteiger partial charge in [0.05, 0.1) is 19.0 Å². The lowest BCUT2D eigenvalue weighted by Crippen LogP contribution is -2.11. The van der Waals surface area contributed by atoms with Gasteiger partial charge in [0.1, 0.15) is 11.8 Å². The smallest absolute Gasteiger partial charge is 0.297 e. The van der Waals surface area contributed by atoms with Gasteiger partial charge in [0.25, 0.3) is 11.4 Å². The van der Waals surface area contributed by atoms with E-state index in [1.54, 1.807) is 6.07 Å². The predicted molar refractivity (Wildman–Crippen MR) is 67.1 cm³/mol. The third-order valence-electron chi connectivity index (χ3n) is 2.31. The minimum absolute atomic E-state index is 0.0208. The summed E-state index contributed by atoms with van der Waals surface area (Å²) in [7, 11) is 1.33. The lowest BCUT2D eigenvalue weighted by Gasteiger charge is -2.09. The van der Waals surface area contributed by atoms with Crippen molar-refractivity contribution in [1.29, 1.82) is 5.26 Å². The van der Waals surface area contributed by atoms with Crippen molar-refractivity contribution in [3.8, 4) is 23.4 Å². The van der Waals surface area contributed by atoms with Gasteiger partial charge in [0.15, 0.2) is 0 Å². The van der Waals surface area contributed by atoms with Gasteiger partial charge in [-0.2, -0.15) is 5.26 Å². The molecule has 0 atom stereocenters. The van der Waals surface area contributed by atoms with E-state index in [0.717, 1.165) is 0 Å². The maximum Gasteiger partial charge on any atom is 0.297 e. The van der Waals surface area contributed by atoms with Crippen LogP contribution in [-0.2, 0) is 0 Å². The summed E-state index contributed by atoms with van der Waals surface area (Å²) in [5.74, 6) is 0.156. The molecule has 0 amide bonds. The molecular weight excluding hydrogens is 248 g/mol. The van der Waals surface area contributed by atoms with Crippen LogP contribution in [0.15, 0.2) is 29.3 Å². The minimum atomic E-state index is -0.471. The molecule has 96 valence electrons. The average Bonchev–Trinajstić information content (AvgIpc) is 2.41. The van der Waals surface area contributed by atoms with Crippen LogP contribution < -0.4 is 20.8 Å². The molecule has 2 aromatic rings. The fourth-order valence-electron chi connectivity index (χ4n) is 1.45. The highest BCUT2D eigenvalue weighted by molar-refractivity contribution is 5.54. The topological polar surface area (TPSA) is 114 Å². The minimum Gasteiger partial charge on any atom is -0.487 e. The summed E-state index contributed by atoms with van der Waals surface area (Å²) < 4.78 is 10.3. The monoisotopic (exact) mass is 258 g/mol. The van der Waals surface area contributed by atoms with Crippen molar-refractivity contribution in [2.45, 2.75) is 0 Å². The molecule has 0 unspecified atom stereocenters. The number of nitrogen functional groups attached to an aromatic ring is 1. The largest absolute Gasteiger partial charge is 0.487 e. The number of aromatic nitrogens is 2. The number of ether oxygens (including phenoxy) is 2. The molecule has 0 saturated carbocycles. The molecule has 0 aliphatic carbocycles. The van der Waals surface area contributed by atoms with Crippen LogP contribution in [-0.4, -0.2) is 17.1 Å². The molecule has 1 heterocycles. The van der Waals surface area contributed by atoms with Crippen molar-refractivity contribution in [3.63, 3.8) is 0 Å². The van der Waals surface area contributed by atoms with Crippen molar-refractivity contribution >= 4 is 5.69 Å². The first-order valence-electron chi connectivity index (χ1n) is 5.25. The Morgan fingerprint density at radius 1 is 1.47 bits per heavy atom. The molecule has 0 fully saturated rings.